The van der Waals surface area contributed by atoms with Crippen LogP contribution >= 0.6 is 11.3 Å². The number of hydrogen-bond acceptors (Lipinski definition) is 2. The van der Waals surface area contributed by atoms with Gasteiger partial charge in [-0.2, -0.15) is 0 Å². The van der Waals surface area contributed by atoms with E-state index in [0.717, 1.165) is 17.8 Å². The minimum absolute atomic E-state index is 0.157. The zero-order valence-corrected chi connectivity index (χ0v) is 7.93. The first kappa shape index (κ1) is 8.33. The molecule has 0 unspecified atom stereocenters. The summed E-state index contributed by atoms with van der Waals surface area (Å²) in [5.41, 5.74) is 0. The molecule has 2 nitrogen and oxygen atoms in total. The van der Waals surface area contributed by atoms with Crippen LogP contribution in [-0.2, 0) is 4.79 Å². The molecule has 0 spiro atoms. The highest BCUT2D eigenvalue weighted by molar-refractivity contribution is 7.10. The molecule has 0 aromatic carbocycles. The molecular formula is C10H9NOS. The van der Waals surface area contributed by atoms with Gasteiger partial charge in [-0.05, 0) is 23.8 Å². The molecule has 0 aliphatic carbocycles. The zero-order chi connectivity index (χ0) is 9.10. The molecule has 0 radical (unpaired) electrons. The van der Waals surface area contributed by atoms with Crippen LogP contribution < -0.4 is 0 Å². The van der Waals surface area contributed by atoms with Gasteiger partial charge in [0, 0.05) is 19.0 Å². The van der Waals surface area contributed by atoms with Crippen molar-refractivity contribution in [1.82, 2.24) is 4.90 Å². The van der Waals surface area contributed by atoms with E-state index in [0.29, 0.717) is 6.42 Å². The van der Waals surface area contributed by atoms with Crippen LogP contribution in [0.25, 0.3) is 0 Å². The first-order valence-electron chi connectivity index (χ1n) is 4.22. The summed E-state index contributed by atoms with van der Waals surface area (Å²) < 4.78 is 0. The molecule has 1 aliphatic heterocycles. The number of amides is 1. The summed E-state index contributed by atoms with van der Waals surface area (Å²) in [6.07, 6.45) is 1.59. The highest BCUT2D eigenvalue weighted by atomic mass is 32.1. The van der Waals surface area contributed by atoms with Gasteiger partial charge in [0.05, 0.1) is 4.88 Å². The second-order valence-electron chi connectivity index (χ2n) is 2.86. The van der Waals surface area contributed by atoms with Crippen LogP contribution in [-0.4, -0.2) is 17.4 Å². The summed E-state index contributed by atoms with van der Waals surface area (Å²) in [6.45, 7) is 0.789. The molecule has 1 aromatic rings. The van der Waals surface area contributed by atoms with Gasteiger partial charge < -0.3 is 0 Å². The number of carbonyl (C=O) groups is 1. The van der Waals surface area contributed by atoms with E-state index < -0.39 is 0 Å². The van der Waals surface area contributed by atoms with Crippen molar-refractivity contribution in [2.75, 3.05) is 6.54 Å². The molecule has 2 heterocycles. The van der Waals surface area contributed by atoms with Gasteiger partial charge in [0.15, 0.2) is 0 Å². The summed E-state index contributed by atoms with van der Waals surface area (Å²) >= 11 is 1.60. The van der Waals surface area contributed by atoms with Crippen LogP contribution in [0.2, 0.25) is 0 Å². The molecule has 66 valence electrons. The Morgan fingerprint density at radius 2 is 2.46 bits per heavy atom. The van der Waals surface area contributed by atoms with Gasteiger partial charge in [-0.25, -0.2) is 0 Å². The molecule has 1 amide bonds. The monoisotopic (exact) mass is 191 g/mol. The number of nitrogens with zero attached hydrogens (tertiary/aromatic N) is 1. The Kier molecular flexibility index (Phi) is 2.33. The fourth-order valence-electron chi connectivity index (χ4n) is 1.24. The van der Waals surface area contributed by atoms with Crippen molar-refractivity contribution >= 4 is 17.2 Å². The first-order valence-corrected chi connectivity index (χ1v) is 5.10. The highest BCUT2D eigenvalue weighted by Gasteiger charge is 2.17. The molecule has 1 aromatic heterocycles. The Morgan fingerprint density at radius 3 is 3.08 bits per heavy atom. The second kappa shape index (κ2) is 3.63. The Balaban J connectivity index is 2.08. The van der Waals surface area contributed by atoms with E-state index in [4.69, 9.17) is 0 Å². The third-order valence-electron chi connectivity index (χ3n) is 1.91. The smallest absolute Gasteiger partial charge is 0.234 e. The molecule has 1 saturated heterocycles. The molecule has 0 N–H and O–H groups in total. The average molecular weight is 191 g/mol. The van der Waals surface area contributed by atoms with Gasteiger partial charge in [-0.3, -0.25) is 9.69 Å². The van der Waals surface area contributed by atoms with E-state index >= 15 is 0 Å². The lowest BCUT2D eigenvalue weighted by Crippen LogP contribution is -2.17. The summed E-state index contributed by atoms with van der Waals surface area (Å²) in [4.78, 5) is 13.8. The van der Waals surface area contributed by atoms with Crippen molar-refractivity contribution in [3.8, 4) is 12.0 Å². The number of likely N-dealkylation sites (tertiary alicyclic amines) is 1. The third-order valence-corrected chi connectivity index (χ3v) is 2.69. The molecule has 13 heavy (non-hydrogen) atoms. The van der Waals surface area contributed by atoms with E-state index in [1.807, 2.05) is 17.5 Å². The zero-order valence-electron chi connectivity index (χ0n) is 7.12. The second-order valence-corrected chi connectivity index (χ2v) is 3.81. The summed E-state index contributed by atoms with van der Waals surface area (Å²) in [5, 5.41) is 1.98. The van der Waals surface area contributed by atoms with Gasteiger partial charge in [0.2, 0.25) is 5.91 Å². The van der Waals surface area contributed by atoms with Gasteiger partial charge in [0.1, 0.15) is 0 Å². The Labute approximate surface area is 81.2 Å². The van der Waals surface area contributed by atoms with Crippen LogP contribution in [0, 0.1) is 12.0 Å². The lowest BCUT2D eigenvalue weighted by Gasteiger charge is -2.02. The molecular weight excluding hydrogens is 182 g/mol. The molecule has 0 bridgehead atoms. The van der Waals surface area contributed by atoms with Gasteiger partial charge in [-0.1, -0.05) is 6.07 Å². The lowest BCUT2D eigenvalue weighted by molar-refractivity contribution is -0.124. The minimum Gasteiger partial charge on any atom is -0.274 e. The van der Waals surface area contributed by atoms with Gasteiger partial charge >= 0.3 is 0 Å². The van der Waals surface area contributed by atoms with Crippen molar-refractivity contribution < 1.29 is 4.79 Å². The summed E-state index contributed by atoms with van der Waals surface area (Å²) in [5.74, 6) is 3.13. The van der Waals surface area contributed by atoms with Crippen molar-refractivity contribution in [3.05, 3.63) is 22.4 Å². The van der Waals surface area contributed by atoms with Crippen LogP contribution in [0.1, 0.15) is 17.7 Å². The van der Waals surface area contributed by atoms with E-state index in [2.05, 4.69) is 12.0 Å². The minimum atomic E-state index is 0.157. The number of carbonyl (C=O) groups excluding carboxylic acids is 1. The number of rotatable bonds is 0. The molecule has 0 saturated carbocycles. The summed E-state index contributed by atoms with van der Waals surface area (Å²) in [6, 6.07) is 6.79. The van der Waals surface area contributed by atoms with Crippen molar-refractivity contribution in [1.29, 1.82) is 0 Å². The molecule has 1 aliphatic rings. The first-order chi connectivity index (χ1) is 6.36. The van der Waals surface area contributed by atoms with Crippen LogP contribution in [0.4, 0.5) is 0 Å². The largest absolute Gasteiger partial charge is 0.274 e. The Morgan fingerprint density at radius 1 is 1.54 bits per heavy atom. The van der Waals surface area contributed by atoms with Gasteiger partial charge in [-0.15, -0.1) is 11.3 Å². The van der Waals surface area contributed by atoms with Crippen molar-refractivity contribution in [2.45, 2.75) is 12.8 Å². The normalized spacial score (nSPS) is 15.7. The average Bonchev–Trinajstić information content (AvgIpc) is 2.72. The van der Waals surface area contributed by atoms with E-state index in [9.17, 15) is 4.79 Å². The van der Waals surface area contributed by atoms with Crippen molar-refractivity contribution in [3.63, 3.8) is 0 Å². The number of thiophene rings is 1. The Hall–Kier alpha value is -1.27. The molecule has 1 fully saturated rings. The van der Waals surface area contributed by atoms with E-state index in [1.165, 1.54) is 0 Å². The Bertz CT molecular complexity index is 358. The van der Waals surface area contributed by atoms with Crippen LogP contribution in [0.3, 0.4) is 0 Å². The standard InChI is InChI=1S/C10H9NOS/c12-10-4-1-6-11(10)7-5-9-3-2-8-13-9/h2-3,8H,1,4,6H2. The van der Waals surface area contributed by atoms with Crippen LogP contribution in [0.5, 0.6) is 0 Å². The molecule has 0 atom stereocenters. The molecule has 2 rings (SSSR count). The maximum atomic E-state index is 11.2. The van der Waals surface area contributed by atoms with Gasteiger partial charge in [0.25, 0.3) is 0 Å². The third kappa shape index (κ3) is 1.90. The maximum Gasteiger partial charge on any atom is 0.234 e. The van der Waals surface area contributed by atoms with E-state index in [1.54, 1.807) is 16.2 Å². The van der Waals surface area contributed by atoms with E-state index in [-0.39, 0.29) is 5.91 Å². The van der Waals surface area contributed by atoms with Crippen LogP contribution in [0.15, 0.2) is 17.5 Å². The SMILES string of the molecule is O=C1CCCN1C#Cc1cccs1. The molecule has 3 heteroatoms. The van der Waals surface area contributed by atoms with Crippen molar-refractivity contribution in [2.24, 2.45) is 0 Å². The quantitative estimate of drug-likeness (QED) is 0.571. The topological polar surface area (TPSA) is 20.3 Å². The summed E-state index contributed by atoms with van der Waals surface area (Å²) in [7, 11) is 0. The highest BCUT2D eigenvalue weighted by Crippen LogP contribution is 2.09. The fourth-order valence-corrected chi connectivity index (χ4v) is 1.80. The predicted molar refractivity (Wildman–Crippen MR) is 52.1 cm³/mol. The fraction of sp³-hybridized carbons (Fsp3) is 0.300. The number of hydrogen-bond donors (Lipinski definition) is 0. The lowest BCUT2D eigenvalue weighted by atomic mass is 10.4. The maximum absolute atomic E-state index is 11.2. The predicted octanol–water partition coefficient (Wildman–Crippen LogP) is 1.68.